The van der Waals surface area contributed by atoms with Gasteiger partial charge in [-0.1, -0.05) is 37.3 Å². The van der Waals surface area contributed by atoms with Crippen LogP contribution in [0.15, 0.2) is 48.5 Å². The predicted molar refractivity (Wildman–Crippen MR) is 92.5 cm³/mol. The van der Waals surface area contributed by atoms with Gasteiger partial charge in [-0.05, 0) is 30.2 Å². The minimum atomic E-state index is -0.556. The Labute approximate surface area is 140 Å². The molecule has 0 spiro atoms. The van der Waals surface area contributed by atoms with Gasteiger partial charge in [0.25, 0.3) is 0 Å². The molecule has 0 aromatic heterocycles. The summed E-state index contributed by atoms with van der Waals surface area (Å²) in [6, 6.07) is 12.8. The molecular formula is C18H20FN3O2. The van der Waals surface area contributed by atoms with Crippen LogP contribution >= 0.6 is 0 Å². The number of anilines is 2. The predicted octanol–water partition coefficient (Wildman–Crippen LogP) is 3.49. The first kappa shape index (κ1) is 17.5. The second-order valence-electron chi connectivity index (χ2n) is 5.32. The number of likely N-dealkylation sites (N-methyl/N-ethyl adjacent to an activating group) is 1. The summed E-state index contributed by atoms with van der Waals surface area (Å²) in [6.45, 7) is 1.86. The zero-order valence-corrected chi connectivity index (χ0v) is 13.7. The quantitative estimate of drug-likeness (QED) is 0.882. The van der Waals surface area contributed by atoms with E-state index in [-0.39, 0.29) is 18.1 Å². The van der Waals surface area contributed by atoms with E-state index in [0.717, 1.165) is 17.7 Å². The molecule has 5 nitrogen and oxygen atoms in total. The van der Waals surface area contributed by atoms with E-state index >= 15 is 0 Å². The van der Waals surface area contributed by atoms with Gasteiger partial charge in [-0.2, -0.15) is 0 Å². The molecule has 0 aliphatic heterocycles. The van der Waals surface area contributed by atoms with E-state index in [0.29, 0.717) is 0 Å². The van der Waals surface area contributed by atoms with Gasteiger partial charge in [0, 0.05) is 12.7 Å². The van der Waals surface area contributed by atoms with Gasteiger partial charge in [0.2, 0.25) is 5.91 Å². The van der Waals surface area contributed by atoms with Crippen LogP contribution in [0.4, 0.5) is 20.6 Å². The monoisotopic (exact) mass is 329 g/mol. The summed E-state index contributed by atoms with van der Waals surface area (Å²) in [4.78, 5) is 25.3. The number of carbonyl (C=O) groups is 2. The van der Waals surface area contributed by atoms with E-state index in [2.05, 4.69) is 10.6 Å². The molecule has 2 aromatic rings. The molecule has 2 rings (SSSR count). The Morgan fingerprint density at radius 3 is 2.29 bits per heavy atom. The fourth-order valence-corrected chi connectivity index (χ4v) is 2.20. The van der Waals surface area contributed by atoms with E-state index in [1.165, 1.54) is 30.1 Å². The first-order chi connectivity index (χ1) is 11.5. The molecule has 2 aromatic carbocycles. The average molecular weight is 329 g/mol. The lowest BCUT2D eigenvalue weighted by atomic mass is 10.1. The Hall–Kier alpha value is -2.89. The molecule has 0 fully saturated rings. The Morgan fingerprint density at radius 2 is 1.62 bits per heavy atom. The smallest absolute Gasteiger partial charge is 0.322 e. The fraction of sp³-hybridized carbons (Fsp3) is 0.222. The number of carbonyl (C=O) groups excluding carboxylic acids is 2. The number of urea groups is 1. The first-order valence-electron chi connectivity index (χ1n) is 7.65. The third-order valence-corrected chi connectivity index (χ3v) is 3.52. The van der Waals surface area contributed by atoms with Crippen molar-refractivity contribution in [1.29, 1.82) is 0 Å². The molecule has 0 radical (unpaired) electrons. The summed E-state index contributed by atoms with van der Waals surface area (Å²) in [5.74, 6) is -0.845. The molecule has 0 bridgehead atoms. The SMILES string of the molecule is CCc1ccccc1NC(=O)CN(C)C(=O)Nc1ccccc1F. The van der Waals surface area contributed by atoms with Gasteiger partial charge in [-0.3, -0.25) is 4.79 Å². The minimum absolute atomic E-state index is 0.0751. The van der Waals surface area contributed by atoms with Crippen molar-refractivity contribution >= 4 is 23.3 Å². The van der Waals surface area contributed by atoms with Crippen molar-refractivity contribution in [3.63, 3.8) is 0 Å². The molecule has 0 aliphatic carbocycles. The zero-order chi connectivity index (χ0) is 17.5. The lowest BCUT2D eigenvalue weighted by molar-refractivity contribution is -0.116. The fourth-order valence-electron chi connectivity index (χ4n) is 2.20. The van der Waals surface area contributed by atoms with Crippen LogP contribution in [-0.2, 0) is 11.2 Å². The maximum Gasteiger partial charge on any atom is 0.322 e. The number of hydrogen-bond acceptors (Lipinski definition) is 2. The van der Waals surface area contributed by atoms with Crippen molar-refractivity contribution in [3.05, 3.63) is 59.9 Å². The number of benzene rings is 2. The van der Waals surface area contributed by atoms with Gasteiger partial charge in [-0.15, -0.1) is 0 Å². The van der Waals surface area contributed by atoms with Crippen LogP contribution in [0.1, 0.15) is 12.5 Å². The first-order valence-corrected chi connectivity index (χ1v) is 7.65. The number of aryl methyl sites for hydroxylation is 1. The van der Waals surface area contributed by atoms with Crippen molar-refractivity contribution in [3.8, 4) is 0 Å². The highest BCUT2D eigenvalue weighted by Crippen LogP contribution is 2.15. The Balaban J connectivity index is 1.93. The summed E-state index contributed by atoms with van der Waals surface area (Å²) in [5, 5.41) is 5.22. The van der Waals surface area contributed by atoms with Crippen LogP contribution in [0.5, 0.6) is 0 Å². The molecular weight excluding hydrogens is 309 g/mol. The number of nitrogens with zero attached hydrogens (tertiary/aromatic N) is 1. The van der Waals surface area contributed by atoms with Crippen LogP contribution in [0.3, 0.4) is 0 Å². The number of rotatable bonds is 5. The van der Waals surface area contributed by atoms with Gasteiger partial charge < -0.3 is 15.5 Å². The molecule has 2 N–H and O–H groups in total. The van der Waals surface area contributed by atoms with E-state index in [9.17, 15) is 14.0 Å². The minimum Gasteiger partial charge on any atom is -0.324 e. The van der Waals surface area contributed by atoms with Gasteiger partial charge in [-0.25, -0.2) is 9.18 Å². The third-order valence-electron chi connectivity index (χ3n) is 3.52. The lowest BCUT2D eigenvalue weighted by Gasteiger charge is -2.18. The number of nitrogens with one attached hydrogen (secondary N) is 2. The molecule has 0 heterocycles. The second-order valence-corrected chi connectivity index (χ2v) is 5.32. The largest absolute Gasteiger partial charge is 0.324 e. The number of amides is 3. The van der Waals surface area contributed by atoms with Crippen molar-refractivity contribution in [2.75, 3.05) is 24.2 Å². The molecule has 0 atom stereocenters. The number of halogens is 1. The van der Waals surface area contributed by atoms with Gasteiger partial charge >= 0.3 is 6.03 Å². The molecule has 0 saturated heterocycles. The molecule has 0 aliphatic rings. The maximum atomic E-state index is 13.5. The Bertz CT molecular complexity index is 734. The lowest BCUT2D eigenvalue weighted by Crippen LogP contribution is -2.37. The normalized spacial score (nSPS) is 10.1. The van der Waals surface area contributed by atoms with Gasteiger partial charge in [0.1, 0.15) is 12.4 Å². The van der Waals surface area contributed by atoms with Crippen LogP contribution < -0.4 is 10.6 Å². The van der Waals surface area contributed by atoms with Gasteiger partial charge in [0.05, 0.1) is 5.69 Å². The molecule has 0 saturated carbocycles. The summed E-state index contributed by atoms with van der Waals surface area (Å²) >= 11 is 0. The highest BCUT2D eigenvalue weighted by Gasteiger charge is 2.15. The Morgan fingerprint density at radius 1 is 1.00 bits per heavy atom. The van der Waals surface area contributed by atoms with E-state index in [1.807, 2.05) is 31.2 Å². The molecule has 24 heavy (non-hydrogen) atoms. The summed E-state index contributed by atoms with van der Waals surface area (Å²) in [5.41, 5.74) is 1.82. The van der Waals surface area contributed by atoms with Crippen LogP contribution in [0.25, 0.3) is 0 Å². The van der Waals surface area contributed by atoms with Crippen molar-refractivity contribution in [2.24, 2.45) is 0 Å². The summed E-state index contributed by atoms with van der Waals surface area (Å²) < 4.78 is 13.5. The highest BCUT2D eigenvalue weighted by molar-refractivity contribution is 5.97. The number of para-hydroxylation sites is 2. The maximum absolute atomic E-state index is 13.5. The van der Waals surface area contributed by atoms with E-state index in [4.69, 9.17) is 0 Å². The second kappa shape index (κ2) is 8.10. The summed E-state index contributed by atoms with van der Waals surface area (Å²) in [6.07, 6.45) is 0.792. The molecule has 6 heteroatoms. The standard InChI is InChI=1S/C18H20FN3O2/c1-3-13-8-4-6-10-15(13)20-17(23)12-22(2)18(24)21-16-11-7-5-9-14(16)19/h4-11H,3,12H2,1-2H3,(H,20,23)(H,21,24). The van der Waals surface area contributed by atoms with Crippen molar-refractivity contribution in [1.82, 2.24) is 4.90 Å². The van der Waals surface area contributed by atoms with E-state index < -0.39 is 11.8 Å². The van der Waals surface area contributed by atoms with Gasteiger partial charge in [0.15, 0.2) is 0 Å². The number of hydrogen-bond donors (Lipinski definition) is 2. The third kappa shape index (κ3) is 4.55. The van der Waals surface area contributed by atoms with Crippen molar-refractivity contribution < 1.29 is 14.0 Å². The Kier molecular flexibility index (Phi) is 5.89. The molecule has 3 amide bonds. The summed E-state index contributed by atoms with van der Waals surface area (Å²) in [7, 11) is 1.47. The zero-order valence-electron chi connectivity index (χ0n) is 13.7. The van der Waals surface area contributed by atoms with E-state index in [1.54, 1.807) is 6.07 Å². The van der Waals surface area contributed by atoms with Crippen LogP contribution in [0.2, 0.25) is 0 Å². The van der Waals surface area contributed by atoms with Crippen LogP contribution in [-0.4, -0.2) is 30.4 Å². The molecule has 126 valence electrons. The average Bonchev–Trinajstić information content (AvgIpc) is 2.57. The van der Waals surface area contributed by atoms with Crippen LogP contribution in [0, 0.1) is 5.82 Å². The van der Waals surface area contributed by atoms with Crippen molar-refractivity contribution in [2.45, 2.75) is 13.3 Å². The molecule has 0 unspecified atom stereocenters. The topological polar surface area (TPSA) is 61.4 Å². The highest BCUT2D eigenvalue weighted by atomic mass is 19.1.